The molecule has 1 aliphatic heterocycles. The largest absolute Gasteiger partial charge is 0.508 e. The molecule has 0 radical (unpaired) electrons. The molecule has 1 aliphatic rings. The summed E-state index contributed by atoms with van der Waals surface area (Å²) in [4.78, 5) is 2.51. The number of aromatic hydroxyl groups is 1. The number of benzene rings is 1. The Morgan fingerprint density at radius 3 is 2.94 bits per heavy atom. The Balaban J connectivity index is 2.07. The molecule has 1 fully saturated rings. The van der Waals surface area contributed by atoms with Gasteiger partial charge in [-0.15, -0.1) is 0 Å². The van der Waals surface area contributed by atoms with E-state index in [1.807, 2.05) is 12.1 Å². The van der Waals surface area contributed by atoms with E-state index in [1.165, 1.54) is 32.4 Å². The first kappa shape index (κ1) is 11.5. The highest BCUT2D eigenvalue weighted by molar-refractivity contribution is 5.35. The molecule has 88 valence electrons. The topological polar surface area (TPSA) is 23.5 Å². The molecule has 1 heterocycles. The molecule has 2 nitrogen and oxygen atoms in total. The minimum Gasteiger partial charge on any atom is -0.508 e. The number of para-hydroxylation sites is 1. The molecule has 1 saturated heterocycles. The van der Waals surface area contributed by atoms with Crippen LogP contribution in [-0.2, 0) is 0 Å². The Bertz CT molecular complexity index is 335. The Morgan fingerprint density at radius 1 is 1.38 bits per heavy atom. The van der Waals surface area contributed by atoms with Crippen molar-refractivity contribution < 1.29 is 5.11 Å². The van der Waals surface area contributed by atoms with Crippen molar-refractivity contribution in [3.63, 3.8) is 0 Å². The van der Waals surface area contributed by atoms with Crippen molar-refractivity contribution >= 4 is 0 Å². The molecule has 0 unspecified atom stereocenters. The molecule has 0 aromatic heterocycles. The van der Waals surface area contributed by atoms with Crippen molar-refractivity contribution in [2.45, 2.75) is 32.1 Å². The van der Waals surface area contributed by atoms with E-state index in [2.05, 4.69) is 17.9 Å². The monoisotopic (exact) mass is 219 g/mol. The third kappa shape index (κ3) is 2.56. The first-order valence-corrected chi connectivity index (χ1v) is 6.31. The van der Waals surface area contributed by atoms with Crippen molar-refractivity contribution in [1.29, 1.82) is 0 Å². The molecule has 0 amide bonds. The van der Waals surface area contributed by atoms with Gasteiger partial charge in [0.2, 0.25) is 0 Å². The van der Waals surface area contributed by atoms with Crippen molar-refractivity contribution in [2.75, 3.05) is 19.6 Å². The minimum absolute atomic E-state index is 0.464. The number of likely N-dealkylation sites (tertiary alicyclic amines) is 1. The Labute approximate surface area is 97.9 Å². The smallest absolute Gasteiger partial charge is 0.119 e. The number of phenolic OH excluding ortho intramolecular Hbond substituents is 1. The number of hydrogen-bond acceptors (Lipinski definition) is 2. The van der Waals surface area contributed by atoms with Crippen LogP contribution in [0.5, 0.6) is 5.75 Å². The zero-order valence-corrected chi connectivity index (χ0v) is 10.0. The summed E-state index contributed by atoms with van der Waals surface area (Å²) >= 11 is 0. The van der Waals surface area contributed by atoms with E-state index in [1.54, 1.807) is 6.07 Å². The summed E-state index contributed by atoms with van der Waals surface area (Å²) in [6.07, 6.45) is 3.67. The van der Waals surface area contributed by atoms with Crippen LogP contribution >= 0.6 is 0 Å². The Kier molecular flexibility index (Phi) is 3.83. The maximum atomic E-state index is 9.86. The van der Waals surface area contributed by atoms with E-state index in [-0.39, 0.29) is 0 Å². The Morgan fingerprint density at radius 2 is 2.19 bits per heavy atom. The van der Waals surface area contributed by atoms with E-state index in [0.717, 1.165) is 12.1 Å². The van der Waals surface area contributed by atoms with Crippen LogP contribution in [-0.4, -0.2) is 29.6 Å². The number of phenols is 1. The Hall–Kier alpha value is -1.02. The van der Waals surface area contributed by atoms with Crippen LogP contribution < -0.4 is 0 Å². The lowest BCUT2D eigenvalue weighted by Gasteiger charge is -2.32. The van der Waals surface area contributed by atoms with Gasteiger partial charge in [-0.1, -0.05) is 25.1 Å². The van der Waals surface area contributed by atoms with Gasteiger partial charge < -0.3 is 10.0 Å². The number of nitrogens with zero attached hydrogens (tertiary/aromatic N) is 1. The van der Waals surface area contributed by atoms with Gasteiger partial charge in [-0.25, -0.2) is 0 Å². The predicted molar refractivity (Wildman–Crippen MR) is 66.8 cm³/mol. The minimum atomic E-state index is 0.464. The third-order valence-electron chi connectivity index (χ3n) is 3.42. The van der Waals surface area contributed by atoms with Crippen LogP contribution in [0, 0.1) is 0 Å². The second kappa shape index (κ2) is 5.35. The standard InChI is InChI=1S/C14H21NO/c1-2-9-15-10-5-6-12(11-15)13-7-3-4-8-14(13)16/h3-4,7-8,12,16H,2,5-6,9-11H2,1H3/t12-/m0/s1. The zero-order valence-electron chi connectivity index (χ0n) is 10.0. The SMILES string of the molecule is CCCN1CCC[C@H](c2ccccc2O)C1. The lowest BCUT2D eigenvalue weighted by molar-refractivity contribution is 0.206. The molecule has 0 saturated carbocycles. The number of piperidine rings is 1. The summed E-state index contributed by atoms with van der Waals surface area (Å²) in [5, 5.41) is 9.86. The molecule has 0 aliphatic carbocycles. The van der Waals surface area contributed by atoms with E-state index in [0.29, 0.717) is 11.7 Å². The maximum Gasteiger partial charge on any atom is 0.119 e. The maximum absolute atomic E-state index is 9.86. The highest BCUT2D eigenvalue weighted by Gasteiger charge is 2.22. The molecule has 1 atom stereocenters. The van der Waals surface area contributed by atoms with Crippen molar-refractivity contribution in [1.82, 2.24) is 4.90 Å². The summed E-state index contributed by atoms with van der Waals surface area (Å²) in [7, 11) is 0. The molecule has 1 N–H and O–H groups in total. The van der Waals surface area contributed by atoms with E-state index in [9.17, 15) is 5.11 Å². The van der Waals surface area contributed by atoms with Gasteiger partial charge >= 0.3 is 0 Å². The lowest BCUT2D eigenvalue weighted by Crippen LogP contribution is -2.34. The van der Waals surface area contributed by atoms with Gasteiger partial charge in [0, 0.05) is 12.5 Å². The van der Waals surface area contributed by atoms with Crippen LogP contribution in [0.1, 0.15) is 37.7 Å². The quantitative estimate of drug-likeness (QED) is 0.844. The van der Waals surface area contributed by atoms with Gasteiger partial charge in [-0.05, 0) is 44.0 Å². The summed E-state index contributed by atoms with van der Waals surface area (Å²) in [5.41, 5.74) is 1.13. The van der Waals surface area contributed by atoms with Crippen molar-refractivity contribution in [3.8, 4) is 5.75 Å². The van der Waals surface area contributed by atoms with Gasteiger partial charge in [-0.2, -0.15) is 0 Å². The van der Waals surface area contributed by atoms with Gasteiger partial charge in [0.1, 0.15) is 5.75 Å². The fourth-order valence-electron chi connectivity index (χ4n) is 2.66. The van der Waals surface area contributed by atoms with Crippen LogP contribution in [0.2, 0.25) is 0 Å². The van der Waals surface area contributed by atoms with E-state index in [4.69, 9.17) is 0 Å². The number of hydrogen-bond donors (Lipinski definition) is 1. The van der Waals surface area contributed by atoms with Crippen LogP contribution in [0.15, 0.2) is 24.3 Å². The van der Waals surface area contributed by atoms with E-state index < -0.39 is 0 Å². The molecule has 0 spiro atoms. The van der Waals surface area contributed by atoms with Gasteiger partial charge in [0.25, 0.3) is 0 Å². The zero-order chi connectivity index (χ0) is 11.4. The molecule has 1 aromatic rings. The van der Waals surface area contributed by atoms with Crippen molar-refractivity contribution in [3.05, 3.63) is 29.8 Å². The van der Waals surface area contributed by atoms with Crippen LogP contribution in [0.25, 0.3) is 0 Å². The average molecular weight is 219 g/mol. The van der Waals surface area contributed by atoms with Gasteiger partial charge in [0.05, 0.1) is 0 Å². The van der Waals surface area contributed by atoms with E-state index >= 15 is 0 Å². The number of rotatable bonds is 3. The normalized spacial score (nSPS) is 22.2. The molecule has 16 heavy (non-hydrogen) atoms. The van der Waals surface area contributed by atoms with Crippen LogP contribution in [0.4, 0.5) is 0 Å². The third-order valence-corrected chi connectivity index (χ3v) is 3.42. The predicted octanol–water partition coefficient (Wildman–Crippen LogP) is 2.98. The fourth-order valence-corrected chi connectivity index (χ4v) is 2.66. The van der Waals surface area contributed by atoms with Gasteiger partial charge in [-0.3, -0.25) is 0 Å². The van der Waals surface area contributed by atoms with Gasteiger partial charge in [0.15, 0.2) is 0 Å². The second-order valence-electron chi connectivity index (χ2n) is 4.70. The first-order chi connectivity index (χ1) is 7.81. The fraction of sp³-hybridized carbons (Fsp3) is 0.571. The molecule has 2 heteroatoms. The highest BCUT2D eigenvalue weighted by Crippen LogP contribution is 2.32. The summed E-state index contributed by atoms with van der Waals surface area (Å²) in [6.45, 7) is 5.73. The van der Waals surface area contributed by atoms with Crippen molar-refractivity contribution in [2.24, 2.45) is 0 Å². The summed E-state index contributed by atoms with van der Waals surface area (Å²) < 4.78 is 0. The molecular weight excluding hydrogens is 198 g/mol. The summed E-state index contributed by atoms with van der Waals surface area (Å²) in [5.74, 6) is 0.979. The first-order valence-electron chi connectivity index (χ1n) is 6.31. The molecule has 1 aromatic carbocycles. The highest BCUT2D eigenvalue weighted by atomic mass is 16.3. The summed E-state index contributed by atoms with van der Waals surface area (Å²) in [6, 6.07) is 7.78. The molecule has 0 bridgehead atoms. The molecular formula is C14H21NO. The average Bonchev–Trinajstić information content (AvgIpc) is 2.30. The van der Waals surface area contributed by atoms with Crippen LogP contribution in [0.3, 0.4) is 0 Å². The molecule has 2 rings (SSSR count). The lowest BCUT2D eigenvalue weighted by atomic mass is 9.90. The second-order valence-corrected chi connectivity index (χ2v) is 4.70.